The summed E-state index contributed by atoms with van der Waals surface area (Å²) >= 11 is 2.10. The fourth-order valence-corrected chi connectivity index (χ4v) is 4.61. The average Bonchev–Trinajstić information content (AvgIpc) is 2.66. The van der Waals surface area contributed by atoms with E-state index >= 15 is 0 Å². The van der Waals surface area contributed by atoms with Crippen molar-refractivity contribution in [1.29, 1.82) is 0 Å². The minimum atomic E-state index is -3.57. The van der Waals surface area contributed by atoms with Crippen molar-refractivity contribution in [3.63, 3.8) is 0 Å². The van der Waals surface area contributed by atoms with Gasteiger partial charge in [-0.3, -0.25) is 4.79 Å². The van der Waals surface area contributed by atoms with E-state index in [1.54, 1.807) is 37.4 Å². The second kappa shape index (κ2) is 9.52. The number of halogens is 1. The maximum atomic E-state index is 12.4. The van der Waals surface area contributed by atoms with Crippen molar-refractivity contribution >= 4 is 44.2 Å². The first-order valence-corrected chi connectivity index (χ1v) is 11.1. The summed E-state index contributed by atoms with van der Waals surface area (Å²) in [6.07, 6.45) is 1.45. The first kappa shape index (κ1) is 21.6. The molecule has 0 radical (unpaired) electrons. The van der Waals surface area contributed by atoms with Gasteiger partial charge in [0.15, 0.2) is 0 Å². The molecule has 6 nitrogen and oxygen atoms in total. The van der Waals surface area contributed by atoms with Crippen molar-refractivity contribution in [1.82, 2.24) is 4.72 Å². The Balaban J connectivity index is 2.11. The zero-order valence-electron chi connectivity index (χ0n) is 15.5. The molecule has 1 amide bonds. The molecular weight excluding hydrogens is 479 g/mol. The predicted octanol–water partition coefficient (Wildman–Crippen LogP) is 4.02. The van der Waals surface area contributed by atoms with E-state index in [0.29, 0.717) is 17.0 Å². The molecule has 0 fully saturated rings. The molecule has 146 valence electrons. The quantitative estimate of drug-likeness (QED) is 0.535. The lowest BCUT2D eigenvalue weighted by Gasteiger charge is -2.15. The topological polar surface area (TPSA) is 84.5 Å². The number of benzene rings is 2. The van der Waals surface area contributed by atoms with Gasteiger partial charge in [0, 0.05) is 17.3 Å². The highest BCUT2D eigenvalue weighted by atomic mass is 127. The van der Waals surface area contributed by atoms with Crippen molar-refractivity contribution in [3.8, 4) is 5.75 Å². The molecule has 2 N–H and O–H groups in total. The largest absolute Gasteiger partial charge is 0.496 e. The van der Waals surface area contributed by atoms with E-state index in [-0.39, 0.29) is 16.8 Å². The van der Waals surface area contributed by atoms with E-state index in [1.807, 2.05) is 13.8 Å². The summed E-state index contributed by atoms with van der Waals surface area (Å²) in [5.41, 5.74) is 1.01. The summed E-state index contributed by atoms with van der Waals surface area (Å²) in [7, 11) is -2.00. The Morgan fingerprint density at radius 3 is 2.26 bits per heavy atom. The molecule has 0 unspecified atom stereocenters. The van der Waals surface area contributed by atoms with Crippen LogP contribution in [-0.4, -0.2) is 27.5 Å². The highest BCUT2D eigenvalue weighted by Crippen LogP contribution is 2.22. The fourth-order valence-electron chi connectivity index (χ4n) is 2.47. The van der Waals surface area contributed by atoms with Gasteiger partial charge in [0.1, 0.15) is 5.75 Å². The number of ether oxygens (including phenoxy) is 1. The number of methoxy groups -OCH3 is 1. The van der Waals surface area contributed by atoms with Crippen LogP contribution in [0, 0.1) is 3.57 Å². The number of anilines is 1. The standard InChI is InChI=1S/C19H23IN2O4S/c1-4-14(5-2)22-27(24,25)16-9-7-15(8-10-16)21-19(23)13-6-11-18(26-3)17(20)12-13/h6-12,14,22H,4-5H2,1-3H3,(H,21,23). The normalized spacial score (nSPS) is 11.4. The van der Waals surface area contributed by atoms with Crippen molar-refractivity contribution < 1.29 is 17.9 Å². The van der Waals surface area contributed by atoms with Crippen LogP contribution in [0.1, 0.15) is 37.0 Å². The highest BCUT2D eigenvalue weighted by Gasteiger charge is 2.18. The third-order valence-corrected chi connectivity index (χ3v) is 6.52. The Morgan fingerprint density at radius 1 is 1.11 bits per heavy atom. The second-order valence-electron chi connectivity index (χ2n) is 5.96. The van der Waals surface area contributed by atoms with Crippen LogP contribution >= 0.6 is 22.6 Å². The van der Waals surface area contributed by atoms with Gasteiger partial charge in [0.05, 0.1) is 15.6 Å². The van der Waals surface area contributed by atoms with Crippen LogP contribution < -0.4 is 14.8 Å². The zero-order chi connectivity index (χ0) is 20.0. The van der Waals surface area contributed by atoms with Crippen molar-refractivity contribution in [2.24, 2.45) is 0 Å². The molecule has 2 aromatic rings. The maximum Gasteiger partial charge on any atom is 0.255 e. The Morgan fingerprint density at radius 2 is 1.74 bits per heavy atom. The third-order valence-electron chi connectivity index (χ3n) is 4.14. The van der Waals surface area contributed by atoms with E-state index in [4.69, 9.17) is 4.74 Å². The number of carbonyl (C=O) groups excluding carboxylic acids is 1. The van der Waals surface area contributed by atoms with Gasteiger partial charge >= 0.3 is 0 Å². The van der Waals surface area contributed by atoms with Crippen LogP contribution in [0.4, 0.5) is 5.69 Å². The molecule has 0 bridgehead atoms. The molecule has 0 aliphatic carbocycles. The number of hydrogen-bond donors (Lipinski definition) is 2. The number of amides is 1. The molecule has 2 aromatic carbocycles. The Labute approximate surface area is 173 Å². The van der Waals surface area contributed by atoms with E-state index in [1.165, 1.54) is 12.1 Å². The van der Waals surface area contributed by atoms with E-state index < -0.39 is 10.0 Å². The Hall–Kier alpha value is -1.65. The number of nitrogens with one attached hydrogen (secondary N) is 2. The van der Waals surface area contributed by atoms with Crippen LogP contribution in [0.3, 0.4) is 0 Å². The van der Waals surface area contributed by atoms with Gasteiger partial charge in [-0.15, -0.1) is 0 Å². The molecule has 0 atom stereocenters. The van der Waals surface area contributed by atoms with Crippen molar-refractivity contribution in [3.05, 3.63) is 51.6 Å². The summed E-state index contributed by atoms with van der Waals surface area (Å²) in [4.78, 5) is 12.6. The monoisotopic (exact) mass is 502 g/mol. The lowest BCUT2D eigenvalue weighted by molar-refractivity contribution is 0.102. The molecule has 0 saturated carbocycles. The smallest absolute Gasteiger partial charge is 0.255 e. The minimum absolute atomic E-state index is 0.0908. The average molecular weight is 502 g/mol. The highest BCUT2D eigenvalue weighted by molar-refractivity contribution is 14.1. The maximum absolute atomic E-state index is 12.4. The number of hydrogen-bond acceptors (Lipinski definition) is 4. The fraction of sp³-hybridized carbons (Fsp3) is 0.316. The third kappa shape index (κ3) is 5.66. The Kier molecular flexibility index (Phi) is 7.63. The number of sulfonamides is 1. The summed E-state index contributed by atoms with van der Waals surface area (Å²) in [5.74, 6) is 0.424. The van der Waals surface area contributed by atoms with Crippen LogP contribution in [-0.2, 0) is 10.0 Å². The molecule has 2 rings (SSSR count). The first-order chi connectivity index (χ1) is 12.8. The van der Waals surface area contributed by atoms with Gasteiger partial charge in [0.25, 0.3) is 5.91 Å². The molecular formula is C19H23IN2O4S. The van der Waals surface area contributed by atoms with E-state index in [0.717, 1.165) is 16.4 Å². The Bertz CT molecular complexity index is 894. The SMILES string of the molecule is CCC(CC)NS(=O)(=O)c1ccc(NC(=O)c2ccc(OC)c(I)c2)cc1. The summed E-state index contributed by atoms with van der Waals surface area (Å²) in [6.45, 7) is 3.88. The molecule has 27 heavy (non-hydrogen) atoms. The minimum Gasteiger partial charge on any atom is -0.496 e. The van der Waals surface area contributed by atoms with Gasteiger partial charge in [-0.05, 0) is 77.9 Å². The summed E-state index contributed by atoms with van der Waals surface area (Å²) < 4.78 is 33.5. The number of carbonyl (C=O) groups is 1. The van der Waals surface area contributed by atoms with Gasteiger partial charge in [-0.2, -0.15) is 0 Å². The molecule has 0 saturated heterocycles. The summed E-state index contributed by atoms with van der Waals surface area (Å²) in [6, 6.07) is 11.2. The van der Waals surface area contributed by atoms with Gasteiger partial charge < -0.3 is 10.1 Å². The second-order valence-corrected chi connectivity index (χ2v) is 8.84. The molecule has 0 spiro atoms. The number of rotatable bonds is 8. The van der Waals surface area contributed by atoms with E-state index in [2.05, 4.69) is 32.6 Å². The van der Waals surface area contributed by atoms with Crippen LogP contribution in [0.2, 0.25) is 0 Å². The lowest BCUT2D eigenvalue weighted by atomic mass is 10.2. The van der Waals surface area contributed by atoms with Gasteiger partial charge in [-0.25, -0.2) is 13.1 Å². The first-order valence-electron chi connectivity index (χ1n) is 8.58. The molecule has 0 aliphatic rings. The lowest BCUT2D eigenvalue weighted by Crippen LogP contribution is -2.33. The van der Waals surface area contributed by atoms with Crippen LogP contribution in [0.5, 0.6) is 5.75 Å². The summed E-state index contributed by atoms with van der Waals surface area (Å²) in [5, 5.41) is 2.77. The zero-order valence-corrected chi connectivity index (χ0v) is 18.4. The van der Waals surface area contributed by atoms with Crippen LogP contribution in [0.25, 0.3) is 0 Å². The van der Waals surface area contributed by atoms with Crippen LogP contribution in [0.15, 0.2) is 47.4 Å². The van der Waals surface area contributed by atoms with E-state index in [9.17, 15) is 13.2 Å². The molecule has 0 aromatic heterocycles. The van der Waals surface area contributed by atoms with Gasteiger partial charge in [-0.1, -0.05) is 13.8 Å². The molecule has 0 aliphatic heterocycles. The molecule has 0 heterocycles. The van der Waals surface area contributed by atoms with Crippen molar-refractivity contribution in [2.45, 2.75) is 37.6 Å². The van der Waals surface area contributed by atoms with Crippen molar-refractivity contribution in [2.75, 3.05) is 12.4 Å². The van der Waals surface area contributed by atoms with Gasteiger partial charge in [0.2, 0.25) is 10.0 Å². The molecule has 8 heteroatoms. The predicted molar refractivity (Wildman–Crippen MR) is 115 cm³/mol.